The topological polar surface area (TPSA) is 213 Å². The van der Waals surface area contributed by atoms with Crippen molar-refractivity contribution < 1.29 is 53.0 Å². The summed E-state index contributed by atoms with van der Waals surface area (Å²) in [6.07, 6.45) is -2.90. The maximum Gasteiger partial charge on any atom is 0.303 e. The van der Waals surface area contributed by atoms with Gasteiger partial charge in [0, 0.05) is 69.6 Å². The van der Waals surface area contributed by atoms with E-state index in [2.05, 4.69) is 0 Å². The average Bonchev–Trinajstić information content (AvgIpc) is 2.86. The number of aliphatic carboxylic acids is 2. The van der Waals surface area contributed by atoms with E-state index >= 15 is 0 Å². The SMILES string of the molecule is CC(C)(C)C(=O)CCP(=O)(O)CN1CCN(CP(=O)(O)CCC(=O)O)CCN(CP(=O)(O)CCC(=O)O)CC1. The molecule has 1 heterocycles. The Morgan fingerprint density at radius 3 is 1.08 bits per heavy atom. The molecule has 0 bridgehead atoms. The van der Waals surface area contributed by atoms with Crippen LogP contribution in [0.15, 0.2) is 0 Å². The van der Waals surface area contributed by atoms with E-state index in [4.69, 9.17) is 10.2 Å². The largest absolute Gasteiger partial charge is 0.481 e. The summed E-state index contributed by atoms with van der Waals surface area (Å²) < 4.78 is 38.2. The number of carboxylic acids is 2. The minimum Gasteiger partial charge on any atom is -0.481 e. The van der Waals surface area contributed by atoms with Crippen molar-refractivity contribution in [1.29, 1.82) is 0 Å². The molecular weight excluding hydrogens is 575 g/mol. The first-order valence-electron chi connectivity index (χ1n) is 12.8. The molecule has 0 aromatic carbocycles. The number of rotatable bonds is 15. The van der Waals surface area contributed by atoms with Gasteiger partial charge in [0.2, 0.25) is 22.1 Å². The van der Waals surface area contributed by atoms with Gasteiger partial charge in [0.15, 0.2) is 0 Å². The molecule has 0 aromatic rings. The van der Waals surface area contributed by atoms with E-state index in [1.165, 1.54) is 0 Å². The highest BCUT2D eigenvalue weighted by atomic mass is 31.2. The molecule has 0 aliphatic carbocycles. The normalized spacial score (nSPS) is 21.5. The molecule has 1 aliphatic heterocycles. The molecule has 3 atom stereocenters. The number of carboxylic acid groups (broad SMARTS) is 2. The Bertz CT molecular complexity index is 949. The van der Waals surface area contributed by atoms with Crippen molar-refractivity contribution in [2.75, 3.05) is 76.6 Å². The molecule has 5 N–H and O–H groups in total. The molecule has 1 rings (SSSR count). The lowest BCUT2D eigenvalue weighted by atomic mass is 9.89. The summed E-state index contributed by atoms with van der Waals surface area (Å²) >= 11 is 0. The summed E-state index contributed by atoms with van der Waals surface area (Å²) in [6, 6.07) is 0. The third-order valence-corrected chi connectivity index (χ3v) is 11.6. The Morgan fingerprint density at radius 1 is 0.590 bits per heavy atom. The molecule has 0 saturated carbocycles. The molecule has 17 heteroatoms. The third kappa shape index (κ3) is 16.2. The summed E-state index contributed by atoms with van der Waals surface area (Å²) in [5.74, 6) is -2.54. The zero-order valence-corrected chi connectivity index (χ0v) is 25.7. The Morgan fingerprint density at radius 2 is 0.846 bits per heavy atom. The van der Waals surface area contributed by atoms with Crippen LogP contribution in [0.1, 0.15) is 40.0 Å². The van der Waals surface area contributed by atoms with Gasteiger partial charge in [-0.15, -0.1) is 0 Å². The highest BCUT2D eigenvalue weighted by Gasteiger charge is 2.31. The average molecular weight is 620 g/mol. The lowest BCUT2D eigenvalue weighted by Crippen LogP contribution is -2.37. The predicted molar refractivity (Wildman–Crippen MR) is 147 cm³/mol. The van der Waals surface area contributed by atoms with Gasteiger partial charge in [0.25, 0.3) is 0 Å². The van der Waals surface area contributed by atoms with Crippen molar-refractivity contribution in [3.8, 4) is 0 Å². The monoisotopic (exact) mass is 619 g/mol. The molecule has 0 spiro atoms. The van der Waals surface area contributed by atoms with Crippen LogP contribution in [-0.4, -0.2) is 134 Å². The van der Waals surface area contributed by atoms with Gasteiger partial charge < -0.3 is 24.9 Å². The van der Waals surface area contributed by atoms with Crippen molar-refractivity contribution in [2.24, 2.45) is 5.41 Å². The first-order valence-corrected chi connectivity index (χ1v) is 18.9. The summed E-state index contributed by atoms with van der Waals surface area (Å²) in [5.41, 5.74) is -0.642. The van der Waals surface area contributed by atoms with Gasteiger partial charge in [0.05, 0.1) is 31.7 Å². The van der Waals surface area contributed by atoms with Crippen LogP contribution in [-0.2, 0) is 28.1 Å². The van der Waals surface area contributed by atoms with Crippen molar-refractivity contribution in [3.63, 3.8) is 0 Å². The second kappa shape index (κ2) is 15.3. The summed E-state index contributed by atoms with van der Waals surface area (Å²) in [6.45, 7) is 6.54. The van der Waals surface area contributed by atoms with Crippen LogP contribution < -0.4 is 0 Å². The van der Waals surface area contributed by atoms with E-state index in [1.54, 1.807) is 35.5 Å². The maximum absolute atomic E-state index is 13.0. The molecule has 14 nitrogen and oxygen atoms in total. The Labute approximate surface area is 229 Å². The van der Waals surface area contributed by atoms with Gasteiger partial charge in [-0.3, -0.25) is 42.8 Å². The number of hydrogen-bond donors (Lipinski definition) is 5. The fraction of sp³-hybridized carbons (Fsp3) is 0.864. The molecular formula is C22H44N3O11P3. The summed E-state index contributed by atoms with van der Waals surface area (Å²) in [4.78, 5) is 70.2. The minimum absolute atomic E-state index is 0.0576. The number of Topliss-reactive ketones (excluding diaryl/α,β-unsaturated/α-hetero) is 1. The first kappa shape index (κ1) is 36.1. The molecule has 228 valence electrons. The Hall–Kier alpha value is -0.940. The standard InChI is InChI=1S/C22H44N3O11P3/c1-22(2,3)19(26)4-13-37(31,32)16-23-7-9-24(17-38(33,34)14-5-20(27)28)11-12-25(10-8-23)18-39(35,36)15-6-21(29)30/h4-18H2,1-3H3,(H,27,28)(H,29,30)(H,31,32)(H,33,34)(H,35,36). The molecule has 1 saturated heterocycles. The van der Waals surface area contributed by atoms with Crippen LogP contribution in [0, 0.1) is 5.41 Å². The lowest BCUT2D eigenvalue weighted by molar-refractivity contribution is -0.137. The van der Waals surface area contributed by atoms with Crippen LogP contribution in [0.3, 0.4) is 0 Å². The van der Waals surface area contributed by atoms with E-state index in [9.17, 15) is 42.8 Å². The molecule has 0 amide bonds. The van der Waals surface area contributed by atoms with E-state index in [0.29, 0.717) is 0 Å². The van der Waals surface area contributed by atoms with Crippen LogP contribution in [0.2, 0.25) is 0 Å². The van der Waals surface area contributed by atoms with Crippen molar-refractivity contribution in [3.05, 3.63) is 0 Å². The fourth-order valence-corrected chi connectivity index (χ4v) is 8.73. The van der Waals surface area contributed by atoms with E-state index in [1.807, 2.05) is 0 Å². The molecule has 0 radical (unpaired) electrons. The zero-order chi connectivity index (χ0) is 30.1. The summed E-state index contributed by atoms with van der Waals surface area (Å²) in [5, 5.41) is 17.7. The highest BCUT2D eigenvalue weighted by molar-refractivity contribution is 7.58. The number of hydrogen-bond acceptors (Lipinski definition) is 9. The quantitative estimate of drug-likeness (QED) is 0.165. The number of carbonyl (C=O) groups is 3. The second-order valence-corrected chi connectivity index (χ2v) is 18.5. The number of ketones is 1. The summed E-state index contributed by atoms with van der Waals surface area (Å²) in [7, 11) is -11.5. The molecule has 39 heavy (non-hydrogen) atoms. The molecule has 0 aromatic heterocycles. The van der Waals surface area contributed by atoms with Crippen LogP contribution in [0.5, 0.6) is 0 Å². The minimum atomic E-state index is -3.85. The number of carbonyl (C=O) groups excluding carboxylic acids is 1. The van der Waals surface area contributed by atoms with E-state index < -0.39 is 64.6 Å². The lowest BCUT2D eigenvalue weighted by Gasteiger charge is -2.28. The van der Waals surface area contributed by atoms with Gasteiger partial charge in [-0.25, -0.2) is 0 Å². The molecule has 3 unspecified atom stereocenters. The van der Waals surface area contributed by atoms with Gasteiger partial charge in [-0.2, -0.15) is 0 Å². The highest BCUT2D eigenvalue weighted by Crippen LogP contribution is 2.44. The Balaban J connectivity index is 3.03. The van der Waals surface area contributed by atoms with Crippen LogP contribution >= 0.6 is 22.1 Å². The molecule has 1 aliphatic rings. The van der Waals surface area contributed by atoms with Crippen molar-refractivity contribution in [1.82, 2.24) is 14.7 Å². The van der Waals surface area contributed by atoms with E-state index in [0.717, 1.165) is 0 Å². The fourth-order valence-electron chi connectivity index (χ4n) is 3.95. The van der Waals surface area contributed by atoms with E-state index in [-0.39, 0.29) is 76.5 Å². The van der Waals surface area contributed by atoms with Gasteiger partial charge in [0.1, 0.15) is 5.78 Å². The predicted octanol–water partition coefficient (Wildman–Crippen LogP) is 1.54. The zero-order valence-electron chi connectivity index (χ0n) is 23.0. The smallest absolute Gasteiger partial charge is 0.303 e. The number of nitrogens with zero attached hydrogens (tertiary/aromatic N) is 3. The van der Waals surface area contributed by atoms with Gasteiger partial charge in [-0.05, 0) is 0 Å². The Kier molecular flexibility index (Phi) is 14.2. The van der Waals surface area contributed by atoms with Crippen LogP contribution in [0.25, 0.3) is 0 Å². The van der Waals surface area contributed by atoms with Gasteiger partial charge in [-0.1, -0.05) is 20.8 Å². The van der Waals surface area contributed by atoms with Crippen molar-refractivity contribution in [2.45, 2.75) is 40.0 Å². The maximum atomic E-state index is 13.0. The van der Waals surface area contributed by atoms with Crippen molar-refractivity contribution >= 4 is 39.8 Å². The third-order valence-electron chi connectivity index (χ3n) is 6.34. The first-order chi connectivity index (χ1) is 17.7. The van der Waals surface area contributed by atoms with Crippen LogP contribution in [0.4, 0.5) is 0 Å². The van der Waals surface area contributed by atoms with Gasteiger partial charge >= 0.3 is 11.9 Å². The second-order valence-electron chi connectivity index (χ2n) is 11.2. The molecule has 1 fully saturated rings.